The number of likely N-dealkylation sites (N-methyl/N-ethyl adjacent to an activating group) is 1. The maximum Gasteiger partial charge on any atom is 0.0590 e. The summed E-state index contributed by atoms with van der Waals surface area (Å²) in [5.41, 5.74) is 6.17. The summed E-state index contributed by atoms with van der Waals surface area (Å²) in [4.78, 5) is 3.81. The Hall–Kier alpha value is -0.420. The lowest BCUT2D eigenvalue weighted by molar-refractivity contribution is 0.0252. The lowest BCUT2D eigenvalue weighted by atomic mass is 10.0. The van der Waals surface area contributed by atoms with E-state index in [1.165, 1.54) is 4.88 Å². The van der Waals surface area contributed by atoms with Crippen molar-refractivity contribution in [2.24, 2.45) is 5.73 Å². The summed E-state index contributed by atoms with van der Waals surface area (Å²) < 4.78 is 5.43. The van der Waals surface area contributed by atoms with Crippen LogP contribution in [-0.4, -0.2) is 37.2 Å². The molecule has 0 saturated carbocycles. The highest BCUT2D eigenvalue weighted by atomic mass is 32.1. The molecule has 1 saturated heterocycles. The zero-order valence-corrected chi connectivity index (χ0v) is 11.5. The molecule has 2 rings (SSSR count). The number of ether oxygens (including phenoxy) is 1. The molecule has 0 aromatic carbocycles. The van der Waals surface area contributed by atoms with E-state index >= 15 is 0 Å². The Bertz CT molecular complexity index is 320. The predicted octanol–water partition coefficient (Wildman–Crippen LogP) is 2.25. The Morgan fingerprint density at radius 3 is 2.71 bits per heavy atom. The van der Waals surface area contributed by atoms with Crippen molar-refractivity contribution in [1.29, 1.82) is 0 Å². The minimum atomic E-state index is 0.154. The van der Waals surface area contributed by atoms with E-state index in [2.05, 4.69) is 36.4 Å². The first-order chi connectivity index (χ1) is 8.20. The average Bonchev–Trinajstić information content (AvgIpc) is 2.83. The minimum absolute atomic E-state index is 0.154. The zero-order valence-electron chi connectivity index (χ0n) is 10.6. The molecule has 3 nitrogen and oxygen atoms in total. The molecular weight excluding hydrogens is 232 g/mol. The second kappa shape index (κ2) is 5.96. The van der Waals surface area contributed by atoms with Crippen LogP contribution >= 0.6 is 11.3 Å². The fraction of sp³-hybridized carbons (Fsp3) is 0.692. The van der Waals surface area contributed by atoms with Crippen molar-refractivity contribution in [3.8, 4) is 0 Å². The van der Waals surface area contributed by atoms with Gasteiger partial charge in [-0.2, -0.15) is 0 Å². The van der Waals surface area contributed by atoms with Gasteiger partial charge >= 0.3 is 0 Å². The Morgan fingerprint density at radius 2 is 2.18 bits per heavy atom. The fourth-order valence-electron chi connectivity index (χ4n) is 2.61. The van der Waals surface area contributed by atoms with Crippen molar-refractivity contribution < 1.29 is 4.74 Å². The van der Waals surface area contributed by atoms with Crippen LogP contribution in [0.2, 0.25) is 0 Å². The van der Waals surface area contributed by atoms with E-state index in [1.807, 2.05) is 0 Å². The number of thiophene rings is 1. The van der Waals surface area contributed by atoms with Crippen molar-refractivity contribution in [2.45, 2.75) is 37.9 Å². The number of rotatable bonds is 4. The maximum atomic E-state index is 6.17. The van der Waals surface area contributed by atoms with Crippen LogP contribution in [0.4, 0.5) is 0 Å². The summed E-state index contributed by atoms with van der Waals surface area (Å²) in [6.45, 7) is 3.86. The largest absolute Gasteiger partial charge is 0.381 e. The summed E-state index contributed by atoms with van der Waals surface area (Å²) in [5, 5.41) is 2.13. The molecule has 1 aromatic heterocycles. The van der Waals surface area contributed by atoms with Gasteiger partial charge in [0.15, 0.2) is 0 Å². The van der Waals surface area contributed by atoms with E-state index in [0.29, 0.717) is 12.1 Å². The van der Waals surface area contributed by atoms with Crippen molar-refractivity contribution in [3.05, 3.63) is 22.4 Å². The Kier molecular flexibility index (Phi) is 4.56. The van der Waals surface area contributed by atoms with Gasteiger partial charge in [0, 0.05) is 30.2 Å². The van der Waals surface area contributed by atoms with Crippen molar-refractivity contribution >= 4 is 11.3 Å². The maximum absolute atomic E-state index is 6.17. The van der Waals surface area contributed by atoms with Gasteiger partial charge in [-0.05, 0) is 38.3 Å². The molecule has 17 heavy (non-hydrogen) atoms. The van der Waals surface area contributed by atoms with Crippen LogP contribution in [0.3, 0.4) is 0 Å². The molecule has 0 aliphatic carbocycles. The molecule has 2 atom stereocenters. The van der Waals surface area contributed by atoms with Gasteiger partial charge < -0.3 is 10.5 Å². The summed E-state index contributed by atoms with van der Waals surface area (Å²) >= 11 is 1.80. The van der Waals surface area contributed by atoms with Crippen molar-refractivity contribution in [1.82, 2.24) is 4.90 Å². The van der Waals surface area contributed by atoms with E-state index in [0.717, 1.165) is 26.1 Å². The first kappa shape index (κ1) is 13.0. The Morgan fingerprint density at radius 1 is 1.47 bits per heavy atom. The first-order valence-electron chi connectivity index (χ1n) is 6.29. The molecule has 96 valence electrons. The van der Waals surface area contributed by atoms with Gasteiger partial charge in [0.25, 0.3) is 0 Å². The van der Waals surface area contributed by atoms with Crippen LogP contribution < -0.4 is 5.73 Å². The smallest absolute Gasteiger partial charge is 0.0590 e. The van der Waals surface area contributed by atoms with Crippen LogP contribution in [0.15, 0.2) is 17.5 Å². The SMILES string of the molecule is CC(N)C(c1cccs1)N(C)C1CCOCC1. The standard InChI is InChI=1S/C13H22N2OS/c1-10(14)13(12-4-3-9-17-12)15(2)11-5-7-16-8-6-11/h3-4,9-11,13H,5-8,14H2,1-2H3. The Balaban J connectivity index is 2.10. The second-order valence-electron chi connectivity index (χ2n) is 4.83. The number of hydrogen-bond acceptors (Lipinski definition) is 4. The molecule has 1 aliphatic rings. The van der Waals surface area contributed by atoms with Crippen LogP contribution in [0, 0.1) is 0 Å². The molecule has 2 heterocycles. The second-order valence-corrected chi connectivity index (χ2v) is 5.81. The van der Waals surface area contributed by atoms with Gasteiger partial charge in [0.1, 0.15) is 0 Å². The van der Waals surface area contributed by atoms with Gasteiger partial charge in [-0.3, -0.25) is 4.90 Å². The van der Waals surface area contributed by atoms with Gasteiger partial charge in [-0.1, -0.05) is 6.07 Å². The number of nitrogens with zero attached hydrogens (tertiary/aromatic N) is 1. The summed E-state index contributed by atoms with van der Waals surface area (Å²) in [7, 11) is 2.20. The van der Waals surface area contributed by atoms with Crippen LogP contribution in [0.25, 0.3) is 0 Å². The lowest BCUT2D eigenvalue weighted by Gasteiger charge is -2.38. The number of hydrogen-bond donors (Lipinski definition) is 1. The highest BCUT2D eigenvalue weighted by Crippen LogP contribution is 2.30. The molecule has 0 spiro atoms. The van der Waals surface area contributed by atoms with Crippen LogP contribution in [0.5, 0.6) is 0 Å². The zero-order chi connectivity index (χ0) is 12.3. The van der Waals surface area contributed by atoms with Gasteiger partial charge in [0.05, 0.1) is 6.04 Å². The molecule has 0 bridgehead atoms. The highest BCUT2D eigenvalue weighted by Gasteiger charge is 2.28. The minimum Gasteiger partial charge on any atom is -0.381 e. The van der Waals surface area contributed by atoms with Gasteiger partial charge in [-0.25, -0.2) is 0 Å². The monoisotopic (exact) mass is 254 g/mol. The predicted molar refractivity (Wildman–Crippen MR) is 72.3 cm³/mol. The molecular formula is C13H22N2OS. The van der Waals surface area contributed by atoms with Crippen LogP contribution in [0.1, 0.15) is 30.7 Å². The number of nitrogens with two attached hydrogens (primary N) is 1. The van der Waals surface area contributed by atoms with E-state index < -0.39 is 0 Å². The topological polar surface area (TPSA) is 38.5 Å². The van der Waals surface area contributed by atoms with E-state index in [4.69, 9.17) is 10.5 Å². The third-order valence-electron chi connectivity index (χ3n) is 3.54. The molecule has 2 N–H and O–H groups in total. The normalized spacial score (nSPS) is 21.6. The van der Waals surface area contributed by atoms with Crippen LogP contribution in [-0.2, 0) is 4.74 Å². The fourth-order valence-corrected chi connectivity index (χ4v) is 3.60. The first-order valence-corrected chi connectivity index (χ1v) is 7.16. The molecule has 1 aromatic rings. The molecule has 1 aliphatic heterocycles. The molecule has 2 unspecified atom stereocenters. The lowest BCUT2D eigenvalue weighted by Crippen LogP contribution is -2.44. The molecule has 1 fully saturated rings. The van der Waals surface area contributed by atoms with Crippen molar-refractivity contribution in [3.63, 3.8) is 0 Å². The van der Waals surface area contributed by atoms with Gasteiger partial charge in [-0.15, -0.1) is 11.3 Å². The van der Waals surface area contributed by atoms with Crippen molar-refractivity contribution in [2.75, 3.05) is 20.3 Å². The third kappa shape index (κ3) is 3.07. The quantitative estimate of drug-likeness (QED) is 0.895. The van der Waals surface area contributed by atoms with Gasteiger partial charge in [0.2, 0.25) is 0 Å². The van der Waals surface area contributed by atoms with E-state index in [-0.39, 0.29) is 6.04 Å². The summed E-state index contributed by atoms with van der Waals surface area (Å²) in [6.07, 6.45) is 2.23. The molecule has 4 heteroatoms. The third-order valence-corrected chi connectivity index (χ3v) is 4.48. The average molecular weight is 254 g/mol. The Labute approximate surface area is 108 Å². The molecule has 0 amide bonds. The summed E-state index contributed by atoms with van der Waals surface area (Å²) in [5.74, 6) is 0. The molecule has 0 radical (unpaired) electrons. The highest BCUT2D eigenvalue weighted by molar-refractivity contribution is 7.10. The van der Waals surface area contributed by atoms with E-state index in [9.17, 15) is 0 Å². The summed E-state index contributed by atoms with van der Waals surface area (Å²) in [6, 6.07) is 5.38. The van der Waals surface area contributed by atoms with E-state index in [1.54, 1.807) is 11.3 Å².